The number of aryl methyl sites for hydroxylation is 1. The Morgan fingerprint density at radius 2 is 1.81 bits per heavy atom. The summed E-state index contributed by atoms with van der Waals surface area (Å²) >= 11 is 5.91. The van der Waals surface area contributed by atoms with E-state index < -0.39 is 4.92 Å². The molecule has 0 saturated heterocycles. The molecule has 6 heteroatoms. The highest BCUT2D eigenvalue weighted by Crippen LogP contribution is 2.29. The third kappa shape index (κ3) is 3.83. The molecule has 0 atom stereocenters. The maximum atomic E-state index is 12.3. The molecule has 1 aromatic heterocycles. The van der Waals surface area contributed by atoms with E-state index in [0.29, 0.717) is 11.3 Å². The summed E-state index contributed by atoms with van der Waals surface area (Å²) in [7, 11) is 0. The average molecular weight is 381 g/mol. The maximum Gasteiger partial charge on any atom is 0.289 e. The highest BCUT2D eigenvalue weighted by Gasteiger charge is 2.16. The maximum absolute atomic E-state index is 12.3. The number of halogens is 1. The van der Waals surface area contributed by atoms with E-state index in [1.807, 2.05) is 42.7 Å². The largest absolute Gasteiger partial charge is 0.318 e. The molecular weight excluding hydrogens is 364 g/mol. The van der Waals surface area contributed by atoms with Crippen LogP contribution in [0.4, 0.5) is 5.69 Å². The second kappa shape index (κ2) is 7.60. The molecule has 0 radical (unpaired) electrons. The molecule has 0 unspecified atom stereocenters. The predicted molar refractivity (Wildman–Crippen MR) is 107 cm³/mol. The van der Waals surface area contributed by atoms with Crippen molar-refractivity contribution >= 4 is 29.1 Å². The van der Waals surface area contributed by atoms with Crippen LogP contribution in [-0.4, -0.2) is 15.3 Å². The van der Waals surface area contributed by atoms with Crippen molar-refractivity contribution in [1.82, 2.24) is 4.57 Å². The van der Waals surface area contributed by atoms with Gasteiger partial charge in [0.25, 0.3) is 5.69 Å². The zero-order valence-corrected chi connectivity index (χ0v) is 15.6. The first kappa shape index (κ1) is 18.6. The second-order valence-corrected chi connectivity index (χ2v) is 6.53. The van der Waals surface area contributed by atoms with Gasteiger partial charge in [-0.1, -0.05) is 41.9 Å². The van der Waals surface area contributed by atoms with Gasteiger partial charge in [0.1, 0.15) is 5.02 Å². The third-order valence-electron chi connectivity index (χ3n) is 4.33. The Morgan fingerprint density at radius 1 is 1.11 bits per heavy atom. The van der Waals surface area contributed by atoms with Gasteiger partial charge < -0.3 is 4.57 Å². The smallest absolute Gasteiger partial charge is 0.289 e. The quantitative estimate of drug-likeness (QED) is 0.252. The number of carbonyl (C=O) groups is 1. The highest BCUT2D eigenvalue weighted by molar-refractivity contribution is 6.32. The number of rotatable bonds is 5. The summed E-state index contributed by atoms with van der Waals surface area (Å²) in [5.41, 5.74) is 3.77. The molecule has 3 aromatic rings. The summed E-state index contributed by atoms with van der Waals surface area (Å²) in [5, 5.41) is 11.3. The minimum atomic E-state index is -0.501. The van der Waals surface area contributed by atoms with E-state index in [0.717, 1.165) is 17.0 Å². The minimum absolute atomic E-state index is 0.0810. The van der Waals surface area contributed by atoms with Crippen molar-refractivity contribution in [3.8, 4) is 5.69 Å². The lowest BCUT2D eigenvalue weighted by molar-refractivity contribution is -0.384. The van der Waals surface area contributed by atoms with E-state index in [-0.39, 0.29) is 16.5 Å². The monoisotopic (exact) mass is 380 g/mol. The molecule has 0 amide bonds. The van der Waals surface area contributed by atoms with E-state index in [1.54, 1.807) is 24.3 Å². The molecule has 0 N–H and O–H groups in total. The topological polar surface area (TPSA) is 65.1 Å². The van der Waals surface area contributed by atoms with Crippen molar-refractivity contribution in [2.75, 3.05) is 0 Å². The number of aromatic nitrogens is 1. The number of ketones is 1. The number of nitro groups is 1. The number of nitro benzene ring substituents is 1. The van der Waals surface area contributed by atoms with Gasteiger partial charge in [-0.25, -0.2) is 0 Å². The van der Waals surface area contributed by atoms with Crippen molar-refractivity contribution in [2.45, 2.75) is 13.8 Å². The van der Waals surface area contributed by atoms with Crippen LogP contribution in [0, 0.1) is 24.0 Å². The first-order chi connectivity index (χ1) is 12.9. The van der Waals surface area contributed by atoms with Crippen molar-refractivity contribution in [1.29, 1.82) is 0 Å². The fraction of sp³-hybridized carbons (Fsp3) is 0.0952. The molecule has 3 rings (SSSR count). The van der Waals surface area contributed by atoms with Gasteiger partial charge in [0.15, 0.2) is 5.78 Å². The lowest BCUT2D eigenvalue weighted by Gasteiger charge is -2.10. The molecule has 0 spiro atoms. The van der Waals surface area contributed by atoms with Crippen LogP contribution in [-0.2, 0) is 0 Å². The van der Waals surface area contributed by atoms with Gasteiger partial charge in [-0.15, -0.1) is 0 Å². The normalized spacial score (nSPS) is 11.1. The van der Waals surface area contributed by atoms with Gasteiger partial charge in [-0.3, -0.25) is 14.9 Å². The Kier molecular flexibility index (Phi) is 5.23. The molecule has 0 aliphatic rings. The summed E-state index contributed by atoms with van der Waals surface area (Å²) in [6.45, 7) is 3.81. The van der Waals surface area contributed by atoms with Crippen LogP contribution in [0.3, 0.4) is 0 Å². The van der Waals surface area contributed by atoms with Crippen molar-refractivity contribution in [2.24, 2.45) is 0 Å². The van der Waals surface area contributed by atoms with Crippen molar-refractivity contribution in [3.05, 3.63) is 98.3 Å². The van der Waals surface area contributed by atoms with Crippen molar-refractivity contribution < 1.29 is 9.72 Å². The molecular formula is C21H17ClN2O3. The third-order valence-corrected chi connectivity index (χ3v) is 4.65. The van der Waals surface area contributed by atoms with Gasteiger partial charge in [-0.2, -0.15) is 0 Å². The standard InChI is InChI=1S/C21H17ClN2O3/c1-14-12-17(8-11-21(25)16-6-4-3-5-7-16)15(2)23(14)18-9-10-19(22)20(13-18)24(26)27/h3-13H,1-2H3/b11-8+. The van der Waals surface area contributed by atoms with Crippen molar-refractivity contribution in [3.63, 3.8) is 0 Å². The number of hydrogen-bond acceptors (Lipinski definition) is 3. The number of nitrogens with zero attached hydrogens (tertiary/aromatic N) is 2. The summed E-state index contributed by atoms with van der Waals surface area (Å²) in [4.78, 5) is 22.9. The molecule has 1 heterocycles. The van der Waals surface area contributed by atoms with Crippen LogP contribution in [0.5, 0.6) is 0 Å². The number of carbonyl (C=O) groups excluding carboxylic acids is 1. The van der Waals surface area contributed by atoms with Crippen LogP contribution < -0.4 is 0 Å². The fourth-order valence-electron chi connectivity index (χ4n) is 3.00. The van der Waals surface area contributed by atoms with E-state index in [2.05, 4.69) is 0 Å². The zero-order valence-electron chi connectivity index (χ0n) is 14.8. The zero-order chi connectivity index (χ0) is 19.6. The van der Waals surface area contributed by atoms with Crippen LogP contribution in [0.15, 0.2) is 60.7 Å². The first-order valence-electron chi connectivity index (χ1n) is 8.29. The van der Waals surface area contributed by atoms with Gasteiger partial charge in [-0.05, 0) is 49.8 Å². The van der Waals surface area contributed by atoms with Gasteiger partial charge in [0.2, 0.25) is 0 Å². The summed E-state index contributed by atoms with van der Waals surface area (Å²) in [6, 6.07) is 15.7. The lowest BCUT2D eigenvalue weighted by Crippen LogP contribution is -2.00. The Hall–Kier alpha value is -3.18. The Bertz CT molecular complexity index is 1050. The second-order valence-electron chi connectivity index (χ2n) is 6.12. The molecule has 5 nitrogen and oxygen atoms in total. The van der Waals surface area contributed by atoms with E-state index in [1.165, 1.54) is 18.2 Å². The fourth-order valence-corrected chi connectivity index (χ4v) is 3.18. The molecule has 0 aliphatic carbocycles. The van der Waals surface area contributed by atoms with Crippen LogP contribution in [0.25, 0.3) is 11.8 Å². The molecule has 136 valence electrons. The average Bonchev–Trinajstić information content (AvgIpc) is 2.94. The summed E-state index contributed by atoms with van der Waals surface area (Å²) in [6.07, 6.45) is 3.30. The molecule has 0 bridgehead atoms. The lowest BCUT2D eigenvalue weighted by atomic mass is 10.1. The van der Waals surface area contributed by atoms with Gasteiger partial charge in [0, 0.05) is 23.0 Å². The minimum Gasteiger partial charge on any atom is -0.318 e. The molecule has 0 aliphatic heterocycles. The number of benzene rings is 2. The molecule has 0 saturated carbocycles. The van der Waals surface area contributed by atoms with E-state index in [4.69, 9.17) is 11.6 Å². The SMILES string of the molecule is Cc1cc(/C=C/C(=O)c2ccccc2)c(C)n1-c1ccc(Cl)c([N+](=O)[O-])c1. The van der Waals surface area contributed by atoms with Crippen LogP contribution in [0.2, 0.25) is 5.02 Å². The summed E-state index contributed by atoms with van der Waals surface area (Å²) < 4.78 is 1.90. The van der Waals surface area contributed by atoms with Crippen LogP contribution in [0.1, 0.15) is 27.3 Å². The number of hydrogen-bond donors (Lipinski definition) is 0. The Morgan fingerprint density at radius 3 is 2.48 bits per heavy atom. The van der Waals surface area contributed by atoms with Gasteiger partial charge in [0.05, 0.1) is 10.6 Å². The summed E-state index contributed by atoms with van der Waals surface area (Å²) in [5.74, 6) is -0.0810. The molecule has 0 fully saturated rings. The van der Waals surface area contributed by atoms with E-state index >= 15 is 0 Å². The van der Waals surface area contributed by atoms with E-state index in [9.17, 15) is 14.9 Å². The van der Waals surface area contributed by atoms with Gasteiger partial charge >= 0.3 is 0 Å². The van der Waals surface area contributed by atoms with Crippen LogP contribution >= 0.6 is 11.6 Å². The Labute approximate surface area is 161 Å². The Balaban J connectivity index is 1.96. The molecule has 27 heavy (non-hydrogen) atoms. The first-order valence-corrected chi connectivity index (χ1v) is 8.67. The predicted octanol–water partition coefficient (Wildman–Crippen LogP) is 5.55. The molecule has 2 aromatic carbocycles. The number of allylic oxidation sites excluding steroid dienone is 1. The highest BCUT2D eigenvalue weighted by atomic mass is 35.5.